The summed E-state index contributed by atoms with van der Waals surface area (Å²) in [7, 11) is 0. The molecule has 0 saturated carbocycles. The van der Waals surface area contributed by atoms with Crippen LogP contribution in [0.25, 0.3) is 6.08 Å². The summed E-state index contributed by atoms with van der Waals surface area (Å²) in [5.41, 5.74) is 1.46. The highest BCUT2D eigenvalue weighted by molar-refractivity contribution is 5.67. The van der Waals surface area contributed by atoms with Gasteiger partial charge in [-0.3, -0.25) is 0 Å². The lowest BCUT2D eigenvalue weighted by molar-refractivity contribution is 0.0529. The van der Waals surface area contributed by atoms with Gasteiger partial charge in [-0.15, -0.1) is 0 Å². The van der Waals surface area contributed by atoms with Crippen molar-refractivity contribution < 1.29 is 14.6 Å². The van der Waals surface area contributed by atoms with Crippen LogP contribution in [-0.4, -0.2) is 23.3 Å². The third-order valence-electron chi connectivity index (χ3n) is 2.42. The minimum Gasteiger partial charge on any atom is -0.444 e. The second-order valence-electron chi connectivity index (χ2n) is 5.52. The van der Waals surface area contributed by atoms with Gasteiger partial charge in [-0.25, -0.2) is 4.79 Å². The number of nitrogens with one attached hydrogen (secondary N) is 1. The summed E-state index contributed by atoms with van der Waals surface area (Å²) in [6, 6.07) is 7.68. The van der Waals surface area contributed by atoms with E-state index in [9.17, 15) is 4.79 Å². The molecule has 0 aromatic heterocycles. The second kappa shape index (κ2) is 7.70. The number of rotatable bonds is 5. The molecular formula is C16H23NO3. The molecule has 0 aliphatic carbocycles. The molecular weight excluding hydrogens is 254 g/mol. The van der Waals surface area contributed by atoms with Gasteiger partial charge in [0.15, 0.2) is 0 Å². The highest BCUT2D eigenvalue weighted by Gasteiger charge is 2.14. The van der Waals surface area contributed by atoms with Gasteiger partial charge in [0.05, 0.1) is 6.61 Å². The summed E-state index contributed by atoms with van der Waals surface area (Å²) in [4.78, 5) is 11.4. The largest absolute Gasteiger partial charge is 0.444 e. The molecule has 2 N–H and O–H groups in total. The molecule has 0 aliphatic rings. The third-order valence-corrected chi connectivity index (χ3v) is 2.42. The lowest BCUT2D eigenvalue weighted by Gasteiger charge is -2.19. The zero-order valence-electron chi connectivity index (χ0n) is 12.3. The Labute approximate surface area is 120 Å². The van der Waals surface area contributed by atoms with Crippen LogP contribution in [0.5, 0.6) is 0 Å². The van der Waals surface area contributed by atoms with E-state index in [0.29, 0.717) is 6.54 Å². The van der Waals surface area contributed by atoms with Crippen LogP contribution in [0.3, 0.4) is 0 Å². The number of ether oxygens (including phenoxy) is 1. The molecule has 0 heterocycles. The van der Waals surface area contributed by atoms with Crippen LogP contribution in [-0.2, 0) is 11.3 Å². The second-order valence-corrected chi connectivity index (χ2v) is 5.52. The molecule has 110 valence electrons. The number of hydrogen-bond acceptors (Lipinski definition) is 3. The number of amides is 1. The van der Waals surface area contributed by atoms with Gasteiger partial charge in [-0.05, 0) is 44.4 Å². The van der Waals surface area contributed by atoms with Crippen LogP contribution in [0.1, 0.15) is 38.3 Å². The molecule has 0 fully saturated rings. The lowest BCUT2D eigenvalue weighted by atomic mass is 10.1. The summed E-state index contributed by atoms with van der Waals surface area (Å²) in [6.45, 7) is 6.08. The van der Waals surface area contributed by atoms with Crippen molar-refractivity contribution in [2.75, 3.05) is 6.54 Å². The summed E-state index contributed by atoms with van der Waals surface area (Å²) in [5.74, 6) is 0. The van der Waals surface area contributed by atoms with Crippen LogP contribution < -0.4 is 5.32 Å². The molecule has 0 aliphatic heterocycles. The van der Waals surface area contributed by atoms with E-state index in [-0.39, 0.29) is 6.61 Å². The standard InChI is InChI=1S/C16H23NO3/c1-16(2,3)20-15(19)17-10-5-4-7-13-8-6-9-14(11-13)12-18/h4,6-9,11,18H,5,10,12H2,1-3H3,(H,17,19). The van der Waals surface area contributed by atoms with Crippen LogP contribution in [0.15, 0.2) is 30.3 Å². The van der Waals surface area contributed by atoms with Crippen molar-refractivity contribution in [3.05, 3.63) is 41.5 Å². The molecule has 4 heteroatoms. The van der Waals surface area contributed by atoms with Gasteiger partial charge in [-0.1, -0.05) is 30.4 Å². The van der Waals surface area contributed by atoms with Gasteiger partial charge < -0.3 is 15.2 Å². The van der Waals surface area contributed by atoms with E-state index in [2.05, 4.69) is 5.32 Å². The van der Waals surface area contributed by atoms with Crippen molar-refractivity contribution in [2.45, 2.75) is 39.4 Å². The number of aliphatic hydroxyl groups excluding tert-OH is 1. The Morgan fingerprint density at radius 1 is 1.40 bits per heavy atom. The Balaban J connectivity index is 2.30. The Bertz CT molecular complexity index is 461. The first-order valence-electron chi connectivity index (χ1n) is 6.74. The topological polar surface area (TPSA) is 58.6 Å². The van der Waals surface area contributed by atoms with E-state index in [1.165, 1.54) is 0 Å². The number of carbonyl (C=O) groups is 1. The van der Waals surface area contributed by atoms with E-state index in [1.807, 2.05) is 57.2 Å². The number of hydrogen-bond donors (Lipinski definition) is 2. The first-order chi connectivity index (χ1) is 9.40. The average Bonchev–Trinajstić information content (AvgIpc) is 2.36. The minimum absolute atomic E-state index is 0.0435. The Kier molecular flexibility index (Phi) is 6.25. The molecule has 0 atom stereocenters. The summed E-state index contributed by atoms with van der Waals surface area (Å²) >= 11 is 0. The smallest absolute Gasteiger partial charge is 0.407 e. The quantitative estimate of drug-likeness (QED) is 0.813. The maximum Gasteiger partial charge on any atom is 0.407 e. The molecule has 0 unspecified atom stereocenters. The van der Waals surface area contributed by atoms with Gasteiger partial charge in [-0.2, -0.15) is 0 Å². The maximum absolute atomic E-state index is 11.4. The predicted molar refractivity (Wildman–Crippen MR) is 80.3 cm³/mol. The molecule has 1 aromatic rings. The molecule has 1 amide bonds. The molecule has 0 saturated heterocycles. The van der Waals surface area contributed by atoms with Crippen molar-refractivity contribution in [3.63, 3.8) is 0 Å². The Hall–Kier alpha value is -1.81. The Morgan fingerprint density at radius 2 is 2.15 bits per heavy atom. The molecule has 20 heavy (non-hydrogen) atoms. The molecule has 1 aromatic carbocycles. The SMILES string of the molecule is CC(C)(C)OC(=O)NCCC=Cc1cccc(CO)c1. The first-order valence-corrected chi connectivity index (χ1v) is 6.74. The molecule has 1 rings (SSSR count). The summed E-state index contributed by atoms with van der Waals surface area (Å²) < 4.78 is 5.13. The molecule has 0 bridgehead atoms. The van der Waals surface area contributed by atoms with Gasteiger partial charge in [0.2, 0.25) is 0 Å². The lowest BCUT2D eigenvalue weighted by Crippen LogP contribution is -2.32. The number of alkyl carbamates (subject to hydrolysis) is 1. The van der Waals surface area contributed by atoms with E-state index in [0.717, 1.165) is 17.5 Å². The molecule has 0 spiro atoms. The van der Waals surface area contributed by atoms with E-state index in [1.54, 1.807) is 0 Å². The van der Waals surface area contributed by atoms with E-state index < -0.39 is 11.7 Å². The normalized spacial score (nSPS) is 11.6. The first kappa shape index (κ1) is 16.2. The van der Waals surface area contributed by atoms with E-state index >= 15 is 0 Å². The van der Waals surface area contributed by atoms with Crippen molar-refractivity contribution in [1.82, 2.24) is 5.32 Å². The predicted octanol–water partition coefficient (Wildman–Crippen LogP) is 3.11. The van der Waals surface area contributed by atoms with Crippen molar-refractivity contribution in [3.8, 4) is 0 Å². The highest BCUT2D eigenvalue weighted by atomic mass is 16.6. The van der Waals surface area contributed by atoms with Crippen LogP contribution >= 0.6 is 0 Å². The maximum atomic E-state index is 11.4. The molecule has 4 nitrogen and oxygen atoms in total. The zero-order chi connectivity index (χ0) is 15.0. The Morgan fingerprint density at radius 3 is 2.80 bits per heavy atom. The number of aliphatic hydroxyl groups is 1. The summed E-state index contributed by atoms with van der Waals surface area (Å²) in [5, 5.41) is 11.7. The van der Waals surface area contributed by atoms with E-state index in [4.69, 9.17) is 9.84 Å². The minimum atomic E-state index is -0.468. The van der Waals surface area contributed by atoms with Crippen molar-refractivity contribution >= 4 is 12.2 Å². The van der Waals surface area contributed by atoms with Gasteiger partial charge in [0.1, 0.15) is 5.60 Å². The monoisotopic (exact) mass is 277 g/mol. The van der Waals surface area contributed by atoms with Crippen LogP contribution in [0.2, 0.25) is 0 Å². The van der Waals surface area contributed by atoms with Gasteiger partial charge in [0, 0.05) is 6.54 Å². The van der Waals surface area contributed by atoms with Gasteiger partial charge >= 0.3 is 6.09 Å². The number of carbonyl (C=O) groups excluding carboxylic acids is 1. The van der Waals surface area contributed by atoms with Crippen LogP contribution in [0.4, 0.5) is 4.79 Å². The fourth-order valence-electron chi connectivity index (χ4n) is 1.59. The third kappa shape index (κ3) is 6.95. The highest BCUT2D eigenvalue weighted by Crippen LogP contribution is 2.08. The van der Waals surface area contributed by atoms with Crippen molar-refractivity contribution in [1.29, 1.82) is 0 Å². The number of benzene rings is 1. The molecule has 0 radical (unpaired) electrons. The average molecular weight is 277 g/mol. The zero-order valence-corrected chi connectivity index (χ0v) is 12.3. The van der Waals surface area contributed by atoms with Gasteiger partial charge in [0.25, 0.3) is 0 Å². The van der Waals surface area contributed by atoms with Crippen molar-refractivity contribution in [2.24, 2.45) is 0 Å². The fraction of sp³-hybridized carbons (Fsp3) is 0.438. The van der Waals surface area contributed by atoms with Crippen LogP contribution in [0, 0.1) is 0 Å². The summed E-state index contributed by atoms with van der Waals surface area (Å²) in [6.07, 6.45) is 4.28. The fourth-order valence-corrected chi connectivity index (χ4v) is 1.59.